The van der Waals surface area contributed by atoms with Gasteiger partial charge in [-0.3, -0.25) is 0 Å². The Labute approximate surface area is 136 Å². The number of halogens is 2. The van der Waals surface area contributed by atoms with Gasteiger partial charge in [-0.25, -0.2) is 0 Å². The molecule has 0 amide bonds. The Bertz CT molecular complexity index is 613. The van der Waals surface area contributed by atoms with Gasteiger partial charge in [0.15, 0.2) is 0 Å². The third-order valence-electron chi connectivity index (χ3n) is 3.33. The number of aryl methyl sites for hydroxylation is 1. The summed E-state index contributed by atoms with van der Waals surface area (Å²) < 4.78 is 7.71. The fourth-order valence-electron chi connectivity index (χ4n) is 2.26. The van der Waals surface area contributed by atoms with Gasteiger partial charge in [-0.05, 0) is 43.3 Å². The first kappa shape index (κ1) is 15.5. The summed E-state index contributed by atoms with van der Waals surface area (Å²) in [6.07, 6.45) is 0. The number of methoxy groups -OCH3 is 1. The van der Waals surface area contributed by atoms with Crippen molar-refractivity contribution in [3.8, 4) is 5.75 Å². The van der Waals surface area contributed by atoms with Crippen LogP contribution in [0, 0.1) is 6.92 Å². The Morgan fingerprint density at radius 1 is 1.05 bits per heavy atom. The van der Waals surface area contributed by atoms with Crippen LogP contribution in [-0.2, 0) is 0 Å². The molecule has 0 aromatic heterocycles. The lowest BCUT2D eigenvalue weighted by molar-refractivity contribution is 0.405. The Kier molecular flexibility index (Phi) is 5.24. The SMILES string of the molecule is CNC(c1ccccc1Br)c1cc(Br)c(C)cc1OC. The number of ether oxygens (including phenoxy) is 1. The van der Waals surface area contributed by atoms with Crippen molar-refractivity contribution in [3.05, 3.63) is 62.0 Å². The first-order valence-corrected chi connectivity index (χ1v) is 7.92. The highest BCUT2D eigenvalue weighted by atomic mass is 79.9. The fourth-order valence-corrected chi connectivity index (χ4v) is 3.14. The molecule has 4 heteroatoms. The van der Waals surface area contributed by atoms with Crippen LogP contribution in [0.5, 0.6) is 5.75 Å². The van der Waals surface area contributed by atoms with Gasteiger partial charge >= 0.3 is 0 Å². The maximum absolute atomic E-state index is 5.55. The summed E-state index contributed by atoms with van der Waals surface area (Å²) in [5.41, 5.74) is 3.45. The summed E-state index contributed by atoms with van der Waals surface area (Å²) in [5, 5.41) is 3.37. The van der Waals surface area contributed by atoms with Crippen LogP contribution < -0.4 is 10.1 Å². The minimum Gasteiger partial charge on any atom is -0.496 e. The second-order valence-corrected chi connectivity index (χ2v) is 6.30. The van der Waals surface area contributed by atoms with E-state index in [2.05, 4.69) is 68.4 Å². The van der Waals surface area contributed by atoms with Crippen molar-refractivity contribution in [3.63, 3.8) is 0 Å². The quantitative estimate of drug-likeness (QED) is 0.795. The molecule has 0 spiro atoms. The van der Waals surface area contributed by atoms with Crippen LogP contribution in [0.15, 0.2) is 45.3 Å². The molecular weight excluding hydrogens is 382 g/mol. The largest absolute Gasteiger partial charge is 0.496 e. The lowest BCUT2D eigenvalue weighted by Gasteiger charge is -2.22. The predicted octanol–water partition coefficient (Wildman–Crippen LogP) is 4.84. The van der Waals surface area contributed by atoms with Crippen LogP contribution >= 0.6 is 31.9 Å². The first-order chi connectivity index (χ1) is 9.58. The van der Waals surface area contributed by atoms with Crippen molar-refractivity contribution in [1.29, 1.82) is 0 Å². The van der Waals surface area contributed by atoms with Crippen molar-refractivity contribution >= 4 is 31.9 Å². The molecule has 0 fully saturated rings. The molecule has 0 saturated carbocycles. The molecule has 0 aliphatic rings. The molecule has 2 nitrogen and oxygen atoms in total. The molecule has 0 aliphatic carbocycles. The molecule has 2 rings (SSSR count). The van der Waals surface area contributed by atoms with E-state index in [1.165, 1.54) is 5.56 Å². The van der Waals surface area contributed by atoms with Gasteiger partial charge in [-0.2, -0.15) is 0 Å². The molecule has 0 bridgehead atoms. The van der Waals surface area contributed by atoms with E-state index in [0.29, 0.717) is 0 Å². The van der Waals surface area contributed by atoms with E-state index in [9.17, 15) is 0 Å². The topological polar surface area (TPSA) is 21.3 Å². The molecule has 1 unspecified atom stereocenters. The summed E-state index contributed by atoms with van der Waals surface area (Å²) in [4.78, 5) is 0. The molecule has 2 aromatic carbocycles. The first-order valence-electron chi connectivity index (χ1n) is 6.34. The Morgan fingerprint density at radius 2 is 1.75 bits per heavy atom. The average molecular weight is 399 g/mol. The van der Waals surface area contributed by atoms with Crippen LogP contribution in [0.1, 0.15) is 22.7 Å². The standard InChI is InChI=1S/C16H17Br2NO/c1-10-8-15(20-3)12(9-14(10)18)16(19-2)11-6-4-5-7-13(11)17/h4-9,16,19H,1-3H3. The Morgan fingerprint density at radius 3 is 2.35 bits per heavy atom. The number of nitrogens with one attached hydrogen (secondary N) is 1. The number of rotatable bonds is 4. The maximum atomic E-state index is 5.55. The molecule has 0 aliphatic heterocycles. The van der Waals surface area contributed by atoms with Gasteiger partial charge in [-0.1, -0.05) is 50.1 Å². The summed E-state index contributed by atoms with van der Waals surface area (Å²) in [6.45, 7) is 2.06. The van der Waals surface area contributed by atoms with E-state index >= 15 is 0 Å². The summed E-state index contributed by atoms with van der Waals surface area (Å²) >= 11 is 7.22. The van der Waals surface area contributed by atoms with Gasteiger partial charge in [0, 0.05) is 14.5 Å². The van der Waals surface area contributed by atoms with Crippen LogP contribution in [0.25, 0.3) is 0 Å². The molecule has 0 heterocycles. The second kappa shape index (κ2) is 6.74. The molecular formula is C16H17Br2NO. The van der Waals surface area contributed by atoms with E-state index in [1.54, 1.807) is 7.11 Å². The zero-order valence-electron chi connectivity index (χ0n) is 11.7. The van der Waals surface area contributed by atoms with Crippen LogP contribution in [0.2, 0.25) is 0 Å². The zero-order valence-corrected chi connectivity index (χ0v) is 14.9. The summed E-state index contributed by atoms with van der Waals surface area (Å²) in [6, 6.07) is 12.5. The van der Waals surface area contributed by atoms with E-state index in [0.717, 1.165) is 25.8 Å². The van der Waals surface area contributed by atoms with Crippen LogP contribution in [0.4, 0.5) is 0 Å². The van der Waals surface area contributed by atoms with Gasteiger partial charge in [-0.15, -0.1) is 0 Å². The normalized spacial score (nSPS) is 12.2. The van der Waals surface area contributed by atoms with Crippen molar-refractivity contribution in [2.45, 2.75) is 13.0 Å². The molecule has 1 N–H and O–H groups in total. The maximum Gasteiger partial charge on any atom is 0.124 e. The zero-order chi connectivity index (χ0) is 14.7. The van der Waals surface area contributed by atoms with E-state index in [4.69, 9.17) is 4.74 Å². The van der Waals surface area contributed by atoms with Gasteiger partial charge in [0.05, 0.1) is 13.2 Å². The monoisotopic (exact) mass is 397 g/mol. The molecule has 1 atom stereocenters. The average Bonchev–Trinajstić information content (AvgIpc) is 2.45. The minimum absolute atomic E-state index is 0.0671. The van der Waals surface area contributed by atoms with Crippen molar-refractivity contribution in [2.75, 3.05) is 14.2 Å². The van der Waals surface area contributed by atoms with Gasteiger partial charge in [0.1, 0.15) is 5.75 Å². The summed E-state index contributed by atoms with van der Waals surface area (Å²) in [7, 11) is 3.66. The van der Waals surface area contributed by atoms with Gasteiger partial charge in [0.2, 0.25) is 0 Å². The lowest BCUT2D eigenvalue weighted by Crippen LogP contribution is -2.19. The predicted molar refractivity (Wildman–Crippen MR) is 90.5 cm³/mol. The van der Waals surface area contributed by atoms with Crippen molar-refractivity contribution in [1.82, 2.24) is 5.32 Å². The van der Waals surface area contributed by atoms with Gasteiger partial charge < -0.3 is 10.1 Å². The fraction of sp³-hybridized carbons (Fsp3) is 0.250. The van der Waals surface area contributed by atoms with E-state index in [-0.39, 0.29) is 6.04 Å². The molecule has 0 radical (unpaired) electrons. The third-order valence-corrected chi connectivity index (χ3v) is 4.90. The van der Waals surface area contributed by atoms with E-state index in [1.807, 2.05) is 19.2 Å². The van der Waals surface area contributed by atoms with Crippen LogP contribution in [0.3, 0.4) is 0 Å². The van der Waals surface area contributed by atoms with Crippen molar-refractivity contribution < 1.29 is 4.74 Å². The van der Waals surface area contributed by atoms with Gasteiger partial charge in [0.25, 0.3) is 0 Å². The third kappa shape index (κ3) is 3.08. The molecule has 0 saturated heterocycles. The highest BCUT2D eigenvalue weighted by Crippen LogP contribution is 2.36. The second-order valence-electron chi connectivity index (χ2n) is 4.59. The highest BCUT2D eigenvalue weighted by Gasteiger charge is 2.19. The molecule has 20 heavy (non-hydrogen) atoms. The Balaban J connectivity index is 2.58. The highest BCUT2D eigenvalue weighted by molar-refractivity contribution is 9.10. The number of hydrogen-bond acceptors (Lipinski definition) is 2. The lowest BCUT2D eigenvalue weighted by atomic mass is 9.97. The summed E-state index contributed by atoms with van der Waals surface area (Å²) in [5.74, 6) is 0.890. The molecule has 106 valence electrons. The van der Waals surface area contributed by atoms with Crippen LogP contribution in [-0.4, -0.2) is 14.2 Å². The van der Waals surface area contributed by atoms with Crippen molar-refractivity contribution in [2.24, 2.45) is 0 Å². The molecule has 2 aromatic rings. The smallest absolute Gasteiger partial charge is 0.124 e. The Hall–Kier alpha value is -0.840. The minimum atomic E-state index is 0.0671. The van der Waals surface area contributed by atoms with E-state index < -0.39 is 0 Å². The number of benzene rings is 2. The number of hydrogen-bond donors (Lipinski definition) is 1.